The summed E-state index contributed by atoms with van der Waals surface area (Å²) in [5.41, 5.74) is 4.59. The van der Waals surface area contributed by atoms with E-state index in [0.29, 0.717) is 10.0 Å². The Morgan fingerprint density at radius 3 is 2.31 bits per heavy atom. The molecule has 1 N–H and O–H groups in total. The van der Waals surface area contributed by atoms with Crippen LogP contribution in [0.4, 0.5) is 0 Å². The average Bonchev–Trinajstić information content (AvgIpc) is 2.56. The second kappa shape index (κ2) is 8.76. The topological polar surface area (TPSA) is 50.7 Å². The summed E-state index contributed by atoms with van der Waals surface area (Å²) in [5.74, 6) is -0.146. The summed E-state index contributed by atoms with van der Waals surface area (Å²) in [7, 11) is 0. The molecule has 0 aliphatic carbocycles. The van der Waals surface area contributed by atoms with Crippen LogP contribution in [0, 0.1) is 0 Å². The lowest BCUT2D eigenvalue weighted by molar-refractivity contribution is -0.123. The minimum absolute atomic E-state index is 0.0903. The van der Waals surface area contributed by atoms with Gasteiger partial charge in [0.1, 0.15) is 5.75 Å². The van der Waals surface area contributed by atoms with Gasteiger partial charge in [-0.2, -0.15) is 5.10 Å². The highest BCUT2D eigenvalue weighted by Crippen LogP contribution is 2.33. The molecular formula is C19H19Cl3N2O2. The van der Waals surface area contributed by atoms with Gasteiger partial charge in [-0.25, -0.2) is 5.43 Å². The predicted octanol–water partition coefficient (Wildman–Crippen LogP) is 5.47. The lowest BCUT2D eigenvalue weighted by Crippen LogP contribution is -2.24. The molecule has 4 nitrogen and oxygen atoms in total. The van der Waals surface area contributed by atoms with Gasteiger partial charge in [0.15, 0.2) is 6.61 Å². The third-order valence-corrected chi connectivity index (χ3v) is 4.53. The van der Waals surface area contributed by atoms with Crippen LogP contribution in [0.25, 0.3) is 0 Å². The summed E-state index contributed by atoms with van der Waals surface area (Å²) in [6.07, 6.45) is 1.57. The van der Waals surface area contributed by atoms with Gasteiger partial charge in [-0.15, -0.1) is 0 Å². The van der Waals surface area contributed by atoms with Gasteiger partial charge in [-0.3, -0.25) is 4.79 Å². The van der Waals surface area contributed by atoms with Crippen molar-refractivity contribution in [3.8, 4) is 5.75 Å². The van der Waals surface area contributed by atoms with E-state index >= 15 is 0 Å². The maximum Gasteiger partial charge on any atom is 0.277 e. The monoisotopic (exact) mass is 412 g/mol. The number of halogens is 3. The van der Waals surface area contributed by atoms with Gasteiger partial charge in [0.25, 0.3) is 5.91 Å². The number of nitrogens with one attached hydrogen (secondary N) is 1. The van der Waals surface area contributed by atoms with Crippen LogP contribution in [-0.2, 0) is 10.2 Å². The minimum atomic E-state index is -0.422. The Balaban J connectivity index is 1.87. The molecule has 7 heteroatoms. The fourth-order valence-corrected chi connectivity index (χ4v) is 2.63. The van der Waals surface area contributed by atoms with E-state index in [1.165, 1.54) is 17.7 Å². The van der Waals surface area contributed by atoms with E-state index < -0.39 is 5.91 Å². The Kier molecular flexibility index (Phi) is 6.93. The van der Waals surface area contributed by atoms with Crippen LogP contribution in [0.15, 0.2) is 41.5 Å². The highest BCUT2D eigenvalue weighted by Gasteiger charge is 2.12. The number of hydrogen-bond donors (Lipinski definition) is 1. The molecular weight excluding hydrogens is 395 g/mol. The van der Waals surface area contributed by atoms with E-state index in [1.807, 2.05) is 24.3 Å². The van der Waals surface area contributed by atoms with Crippen molar-refractivity contribution in [2.75, 3.05) is 6.61 Å². The number of carbonyl (C=O) groups excluding carboxylic acids is 1. The van der Waals surface area contributed by atoms with Crippen molar-refractivity contribution in [3.63, 3.8) is 0 Å². The van der Waals surface area contributed by atoms with Crippen molar-refractivity contribution < 1.29 is 9.53 Å². The molecule has 0 saturated carbocycles. The molecule has 0 radical (unpaired) electrons. The molecule has 0 aliphatic heterocycles. The molecule has 0 fully saturated rings. The van der Waals surface area contributed by atoms with Gasteiger partial charge in [-0.05, 0) is 22.6 Å². The molecule has 0 bridgehead atoms. The quantitative estimate of drug-likeness (QED) is 0.401. The van der Waals surface area contributed by atoms with Crippen LogP contribution < -0.4 is 10.2 Å². The Morgan fingerprint density at radius 1 is 1.08 bits per heavy atom. The Hall–Kier alpha value is -1.75. The first-order valence-electron chi connectivity index (χ1n) is 7.86. The molecule has 0 saturated heterocycles. The number of carbonyl (C=O) groups is 1. The van der Waals surface area contributed by atoms with E-state index in [9.17, 15) is 4.79 Å². The van der Waals surface area contributed by atoms with Crippen LogP contribution in [0.5, 0.6) is 5.75 Å². The Bertz CT molecular complexity index is 813. The molecule has 0 aromatic heterocycles. The normalized spacial score (nSPS) is 11.6. The first kappa shape index (κ1) is 20.6. The number of benzene rings is 2. The third kappa shape index (κ3) is 5.90. The summed E-state index contributed by atoms with van der Waals surface area (Å²) < 4.78 is 5.33. The summed E-state index contributed by atoms with van der Waals surface area (Å²) >= 11 is 17.7. The molecule has 1 amide bonds. The molecule has 2 aromatic carbocycles. The molecule has 0 atom stereocenters. The zero-order valence-electron chi connectivity index (χ0n) is 14.6. The van der Waals surface area contributed by atoms with Gasteiger partial charge < -0.3 is 4.74 Å². The van der Waals surface area contributed by atoms with Crippen LogP contribution >= 0.6 is 34.8 Å². The standard InChI is InChI=1S/C19H19Cl3N2O2/c1-19(2,3)13-6-4-12(5-7-13)10-23-24-18(25)11-26-17-9-15(21)14(20)8-16(17)22/h4-10H,11H2,1-3H3,(H,24,25)/b23-10+. The SMILES string of the molecule is CC(C)(C)c1ccc(/C=N/NC(=O)COc2cc(Cl)c(Cl)cc2Cl)cc1. The largest absolute Gasteiger partial charge is 0.482 e. The molecule has 0 spiro atoms. The zero-order chi connectivity index (χ0) is 19.3. The smallest absolute Gasteiger partial charge is 0.277 e. The van der Waals surface area contributed by atoms with Gasteiger partial charge in [0.2, 0.25) is 0 Å². The van der Waals surface area contributed by atoms with E-state index in [4.69, 9.17) is 39.5 Å². The highest BCUT2D eigenvalue weighted by molar-refractivity contribution is 6.43. The molecule has 2 aromatic rings. The van der Waals surface area contributed by atoms with E-state index in [-0.39, 0.29) is 22.8 Å². The summed E-state index contributed by atoms with van der Waals surface area (Å²) in [4.78, 5) is 11.8. The first-order chi connectivity index (χ1) is 12.2. The second-order valence-corrected chi connectivity index (χ2v) is 7.87. The van der Waals surface area contributed by atoms with Crippen molar-refractivity contribution in [2.45, 2.75) is 26.2 Å². The van der Waals surface area contributed by atoms with Gasteiger partial charge in [0, 0.05) is 6.07 Å². The van der Waals surface area contributed by atoms with Crippen LogP contribution in [-0.4, -0.2) is 18.7 Å². The molecule has 138 valence electrons. The molecule has 0 aliphatic rings. The number of amides is 1. The van der Waals surface area contributed by atoms with Gasteiger partial charge >= 0.3 is 0 Å². The molecule has 2 rings (SSSR count). The summed E-state index contributed by atoms with van der Waals surface area (Å²) in [5, 5.41) is 4.80. The summed E-state index contributed by atoms with van der Waals surface area (Å²) in [6, 6.07) is 10.9. The number of hydrogen-bond acceptors (Lipinski definition) is 3. The predicted molar refractivity (Wildman–Crippen MR) is 108 cm³/mol. The van der Waals surface area contributed by atoms with Crippen molar-refractivity contribution in [1.82, 2.24) is 5.43 Å². The van der Waals surface area contributed by atoms with Crippen LogP contribution in [0.2, 0.25) is 15.1 Å². The maximum atomic E-state index is 11.8. The van der Waals surface area contributed by atoms with Gasteiger partial charge in [0.05, 0.1) is 21.3 Å². The molecule has 26 heavy (non-hydrogen) atoms. The Morgan fingerprint density at radius 2 is 1.69 bits per heavy atom. The van der Waals surface area contributed by atoms with Crippen LogP contribution in [0.3, 0.4) is 0 Å². The van der Waals surface area contributed by atoms with Crippen LogP contribution in [0.1, 0.15) is 31.9 Å². The fraction of sp³-hybridized carbons (Fsp3) is 0.263. The van der Waals surface area contributed by atoms with Crippen molar-refractivity contribution in [3.05, 3.63) is 62.6 Å². The third-order valence-electron chi connectivity index (χ3n) is 3.51. The number of rotatable bonds is 5. The molecule has 0 heterocycles. The molecule has 0 unspecified atom stereocenters. The second-order valence-electron chi connectivity index (χ2n) is 6.65. The summed E-state index contributed by atoms with van der Waals surface area (Å²) in [6.45, 7) is 6.20. The van der Waals surface area contributed by atoms with Crippen molar-refractivity contribution in [1.29, 1.82) is 0 Å². The highest BCUT2D eigenvalue weighted by atomic mass is 35.5. The van der Waals surface area contributed by atoms with E-state index in [0.717, 1.165) is 5.56 Å². The van der Waals surface area contributed by atoms with Crippen molar-refractivity contribution in [2.24, 2.45) is 5.10 Å². The zero-order valence-corrected chi connectivity index (χ0v) is 16.9. The van der Waals surface area contributed by atoms with E-state index in [2.05, 4.69) is 31.3 Å². The lowest BCUT2D eigenvalue weighted by Gasteiger charge is -2.18. The number of nitrogens with zero attached hydrogens (tertiary/aromatic N) is 1. The Labute approximate surface area is 168 Å². The lowest BCUT2D eigenvalue weighted by atomic mass is 9.87. The van der Waals surface area contributed by atoms with E-state index in [1.54, 1.807) is 6.21 Å². The average molecular weight is 414 g/mol. The maximum absolute atomic E-state index is 11.8. The number of hydrazone groups is 1. The first-order valence-corrected chi connectivity index (χ1v) is 9.00. The van der Waals surface area contributed by atoms with Crippen molar-refractivity contribution >= 4 is 46.9 Å². The fourth-order valence-electron chi connectivity index (χ4n) is 2.04. The minimum Gasteiger partial charge on any atom is -0.482 e. The van der Waals surface area contributed by atoms with Gasteiger partial charge in [-0.1, -0.05) is 79.8 Å². The number of ether oxygens (including phenoxy) is 1.